The van der Waals surface area contributed by atoms with E-state index >= 15 is 0 Å². The van der Waals surface area contributed by atoms with Crippen LogP contribution < -0.4 is 0 Å². The molecule has 0 aromatic heterocycles. The maximum absolute atomic E-state index is 4.92. The van der Waals surface area contributed by atoms with Gasteiger partial charge in [-0.15, -0.1) is 0 Å². The zero-order valence-electron chi connectivity index (χ0n) is 15.1. The van der Waals surface area contributed by atoms with E-state index < -0.39 is 0 Å². The Hall–Kier alpha value is -2.25. The average Bonchev–Trinajstić information content (AvgIpc) is 2.66. The monoisotopic (exact) mass is 356 g/mol. The number of hydrogen-bond acceptors (Lipinski definition) is 1. The Balaban J connectivity index is 1.70. The second-order valence-corrected chi connectivity index (χ2v) is 7.94. The van der Waals surface area contributed by atoms with Gasteiger partial charge in [0.1, 0.15) is 0 Å². The minimum atomic E-state index is 0.352. The molecular formula is C25H24S. The number of hydrogen-bond donors (Lipinski definition) is 1. The lowest BCUT2D eigenvalue weighted by Gasteiger charge is -2.21. The molecule has 0 fully saturated rings. The van der Waals surface area contributed by atoms with Gasteiger partial charge >= 0.3 is 0 Å². The van der Waals surface area contributed by atoms with Gasteiger partial charge in [-0.2, -0.15) is 12.6 Å². The van der Waals surface area contributed by atoms with Crippen LogP contribution in [-0.2, 0) is 6.42 Å². The van der Waals surface area contributed by atoms with Crippen molar-refractivity contribution in [2.45, 2.75) is 30.9 Å². The Bertz CT molecular complexity index is 966. The Morgan fingerprint density at radius 1 is 0.731 bits per heavy atom. The van der Waals surface area contributed by atoms with E-state index in [-0.39, 0.29) is 0 Å². The van der Waals surface area contributed by atoms with Gasteiger partial charge in [0.05, 0.1) is 0 Å². The number of benzene rings is 4. The molecule has 0 amide bonds. The number of rotatable bonds is 5. The van der Waals surface area contributed by atoms with Crippen LogP contribution in [0.1, 0.15) is 30.4 Å². The SMILES string of the molecule is CC(CC(S)Cc1ccccc1)c1c2ccccc2cc2ccccc12. The summed E-state index contributed by atoms with van der Waals surface area (Å²) in [5, 5.41) is 5.75. The van der Waals surface area contributed by atoms with Crippen LogP contribution in [0.5, 0.6) is 0 Å². The molecule has 0 bridgehead atoms. The number of thiol groups is 1. The summed E-state index contributed by atoms with van der Waals surface area (Å²) in [5.41, 5.74) is 2.83. The second-order valence-electron chi connectivity index (χ2n) is 7.21. The summed E-state index contributed by atoms with van der Waals surface area (Å²) in [4.78, 5) is 0. The van der Waals surface area contributed by atoms with Crippen molar-refractivity contribution in [3.05, 3.63) is 96.1 Å². The summed E-state index contributed by atoms with van der Waals surface area (Å²) in [6.07, 6.45) is 2.08. The van der Waals surface area contributed by atoms with Gasteiger partial charge in [0, 0.05) is 5.25 Å². The third-order valence-electron chi connectivity index (χ3n) is 5.25. The van der Waals surface area contributed by atoms with Gasteiger partial charge in [-0.3, -0.25) is 0 Å². The standard InChI is InChI=1S/C25H24S/c1-18(15-22(26)16-19-9-3-2-4-10-19)25-23-13-7-5-11-20(23)17-21-12-6-8-14-24(21)25/h2-14,17-18,22,26H,15-16H2,1H3. The molecule has 2 unspecified atom stereocenters. The van der Waals surface area contributed by atoms with Gasteiger partial charge < -0.3 is 0 Å². The molecule has 0 aliphatic carbocycles. The minimum Gasteiger partial charge on any atom is -0.176 e. The fourth-order valence-corrected chi connectivity index (χ4v) is 4.60. The number of fused-ring (bicyclic) bond motifs is 2. The first-order valence-corrected chi connectivity index (χ1v) is 9.86. The molecular weight excluding hydrogens is 332 g/mol. The zero-order chi connectivity index (χ0) is 17.9. The third kappa shape index (κ3) is 3.50. The van der Waals surface area contributed by atoms with E-state index in [1.807, 2.05) is 0 Å². The third-order valence-corrected chi connectivity index (χ3v) is 5.64. The summed E-state index contributed by atoms with van der Waals surface area (Å²) in [7, 11) is 0. The molecule has 130 valence electrons. The van der Waals surface area contributed by atoms with E-state index in [9.17, 15) is 0 Å². The van der Waals surface area contributed by atoms with Crippen molar-refractivity contribution >= 4 is 34.2 Å². The van der Waals surface area contributed by atoms with Crippen LogP contribution in [0, 0.1) is 0 Å². The van der Waals surface area contributed by atoms with Gasteiger partial charge in [0.15, 0.2) is 0 Å². The quantitative estimate of drug-likeness (QED) is 0.288. The van der Waals surface area contributed by atoms with Crippen molar-refractivity contribution in [2.75, 3.05) is 0 Å². The highest BCUT2D eigenvalue weighted by Crippen LogP contribution is 2.36. The molecule has 0 aliphatic rings. The molecule has 0 aliphatic heterocycles. The second kappa shape index (κ2) is 7.55. The molecule has 0 nitrogen and oxygen atoms in total. The average molecular weight is 357 g/mol. The molecule has 0 heterocycles. The molecule has 0 radical (unpaired) electrons. The van der Waals surface area contributed by atoms with Gasteiger partial charge in [-0.1, -0.05) is 85.8 Å². The van der Waals surface area contributed by atoms with Crippen LogP contribution in [0.3, 0.4) is 0 Å². The smallest absolute Gasteiger partial charge is 0.00629 e. The van der Waals surface area contributed by atoms with Crippen LogP contribution in [0.4, 0.5) is 0 Å². The lowest BCUT2D eigenvalue weighted by atomic mass is 9.86. The van der Waals surface area contributed by atoms with E-state index in [1.54, 1.807) is 0 Å². The van der Waals surface area contributed by atoms with Gasteiger partial charge in [-0.05, 0) is 57.5 Å². The Morgan fingerprint density at radius 2 is 1.27 bits per heavy atom. The van der Waals surface area contributed by atoms with E-state index in [4.69, 9.17) is 12.6 Å². The zero-order valence-corrected chi connectivity index (χ0v) is 16.0. The van der Waals surface area contributed by atoms with Crippen molar-refractivity contribution < 1.29 is 0 Å². The summed E-state index contributed by atoms with van der Waals surface area (Å²) in [6.45, 7) is 2.35. The van der Waals surface area contributed by atoms with E-state index in [2.05, 4.69) is 91.9 Å². The molecule has 0 saturated heterocycles. The highest BCUT2D eigenvalue weighted by atomic mass is 32.1. The van der Waals surface area contributed by atoms with Crippen LogP contribution in [0.2, 0.25) is 0 Å². The van der Waals surface area contributed by atoms with Crippen molar-refractivity contribution in [1.29, 1.82) is 0 Å². The Labute approximate surface area is 161 Å². The normalized spacial score (nSPS) is 13.8. The largest absolute Gasteiger partial charge is 0.176 e. The van der Waals surface area contributed by atoms with E-state index in [0.717, 1.165) is 12.8 Å². The molecule has 0 spiro atoms. The highest BCUT2D eigenvalue weighted by molar-refractivity contribution is 7.80. The first-order valence-electron chi connectivity index (χ1n) is 9.35. The van der Waals surface area contributed by atoms with Gasteiger partial charge in [0.2, 0.25) is 0 Å². The summed E-state index contributed by atoms with van der Waals surface area (Å²) >= 11 is 4.92. The summed E-state index contributed by atoms with van der Waals surface area (Å²) in [6, 6.07) is 30.5. The van der Waals surface area contributed by atoms with E-state index in [1.165, 1.54) is 32.7 Å². The molecule has 26 heavy (non-hydrogen) atoms. The Kier molecular flexibility index (Phi) is 4.99. The first kappa shape index (κ1) is 17.2. The lowest BCUT2D eigenvalue weighted by Crippen LogP contribution is -2.09. The highest BCUT2D eigenvalue weighted by Gasteiger charge is 2.17. The predicted octanol–water partition coefficient (Wildman–Crippen LogP) is 7.03. The lowest BCUT2D eigenvalue weighted by molar-refractivity contribution is 0.656. The van der Waals surface area contributed by atoms with Crippen LogP contribution in [0.25, 0.3) is 21.5 Å². The molecule has 0 saturated carbocycles. The molecule has 4 aromatic rings. The topological polar surface area (TPSA) is 0 Å². The van der Waals surface area contributed by atoms with Gasteiger partial charge in [-0.25, -0.2) is 0 Å². The molecule has 4 aromatic carbocycles. The molecule has 4 rings (SSSR count). The molecule has 1 heteroatoms. The maximum Gasteiger partial charge on any atom is 0.00629 e. The fourth-order valence-electron chi connectivity index (χ4n) is 4.08. The van der Waals surface area contributed by atoms with Crippen molar-refractivity contribution in [3.63, 3.8) is 0 Å². The van der Waals surface area contributed by atoms with Crippen LogP contribution in [-0.4, -0.2) is 5.25 Å². The fraction of sp³-hybridized carbons (Fsp3) is 0.200. The molecule has 0 N–H and O–H groups in total. The predicted molar refractivity (Wildman–Crippen MR) is 117 cm³/mol. The minimum absolute atomic E-state index is 0.352. The summed E-state index contributed by atoms with van der Waals surface area (Å²) in [5.74, 6) is 0.456. The molecule has 2 atom stereocenters. The maximum atomic E-state index is 4.92. The van der Waals surface area contributed by atoms with Crippen molar-refractivity contribution in [1.82, 2.24) is 0 Å². The Morgan fingerprint density at radius 3 is 1.88 bits per heavy atom. The van der Waals surface area contributed by atoms with Crippen LogP contribution >= 0.6 is 12.6 Å². The first-order chi connectivity index (χ1) is 12.7. The van der Waals surface area contributed by atoms with Crippen LogP contribution in [0.15, 0.2) is 84.9 Å². The van der Waals surface area contributed by atoms with Crippen molar-refractivity contribution in [2.24, 2.45) is 0 Å². The van der Waals surface area contributed by atoms with E-state index in [0.29, 0.717) is 11.2 Å². The van der Waals surface area contributed by atoms with Crippen molar-refractivity contribution in [3.8, 4) is 0 Å². The summed E-state index contributed by atoms with van der Waals surface area (Å²) < 4.78 is 0. The van der Waals surface area contributed by atoms with Gasteiger partial charge in [0.25, 0.3) is 0 Å².